The monoisotopic (exact) mass is 406 g/mol. The smallest absolute Gasteiger partial charge is 0.216 e. The van der Waals surface area contributed by atoms with Gasteiger partial charge in [-0.3, -0.25) is 5.10 Å². The molecule has 0 saturated carbocycles. The minimum atomic E-state index is 0.353. The third kappa shape index (κ3) is 4.00. The Balaban J connectivity index is 1.63. The largest absolute Gasteiger partial charge is 0.274 e. The van der Waals surface area contributed by atoms with Gasteiger partial charge in [0.2, 0.25) is 10.6 Å². The summed E-state index contributed by atoms with van der Waals surface area (Å²) in [6.07, 6.45) is 3.34. The standard InChI is InChI=1S/C20H15ClN6S/c21-16(11-14-7-3-1-4-8-14)13-22-27-19(25-26-20(27)28)18-12-17(23-24-18)15-9-5-2-6-10-15/h1-13H,(H,23,24)(H,26,28)/b16-11+,22-13-. The van der Waals surface area contributed by atoms with Gasteiger partial charge in [-0.25, -0.2) is 5.10 Å². The van der Waals surface area contributed by atoms with Crippen molar-refractivity contribution in [3.05, 3.63) is 82.1 Å². The number of benzene rings is 2. The number of hydrogen-bond donors (Lipinski definition) is 2. The number of rotatable bonds is 5. The van der Waals surface area contributed by atoms with Gasteiger partial charge in [0.1, 0.15) is 5.69 Å². The number of nitrogens with zero attached hydrogens (tertiary/aromatic N) is 4. The van der Waals surface area contributed by atoms with E-state index in [1.54, 1.807) is 0 Å². The van der Waals surface area contributed by atoms with E-state index in [-0.39, 0.29) is 0 Å². The maximum atomic E-state index is 6.28. The molecule has 2 N–H and O–H groups in total. The fourth-order valence-corrected chi connectivity index (χ4v) is 2.97. The molecule has 0 amide bonds. The number of halogens is 1. The Labute approximate surface area is 171 Å². The van der Waals surface area contributed by atoms with E-state index in [0.29, 0.717) is 21.3 Å². The SMILES string of the molecule is S=c1[nH]nc(-c2cc(-c3ccccc3)n[nH]2)n1/N=C\C(Cl)=C/c1ccccc1. The molecule has 0 atom stereocenters. The molecule has 0 fully saturated rings. The summed E-state index contributed by atoms with van der Waals surface area (Å²) in [4.78, 5) is 0. The average molecular weight is 407 g/mol. The topological polar surface area (TPSA) is 74.7 Å². The number of H-pyrrole nitrogens is 2. The van der Waals surface area contributed by atoms with Crippen molar-refractivity contribution in [1.29, 1.82) is 0 Å². The van der Waals surface area contributed by atoms with Gasteiger partial charge in [0.25, 0.3) is 0 Å². The van der Waals surface area contributed by atoms with E-state index in [4.69, 9.17) is 23.8 Å². The minimum absolute atomic E-state index is 0.353. The number of allylic oxidation sites excluding steroid dienone is 1. The quantitative estimate of drug-likeness (QED) is 0.357. The van der Waals surface area contributed by atoms with Crippen molar-refractivity contribution in [2.75, 3.05) is 0 Å². The Kier molecular flexibility index (Phi) is 5.27. The molecule has 0 aliphatic carbocycles. The van der Waals surface area contributed by atoms with Crippen molar-refractivity contribution >= 4 is 36.1 Å². The van der Waals surface area contributed by atoms with Crippen LogP contribution in [-0.4, -0.2) is 31.3 Å². The lowest BCUT2D eigenvalue weighted by atomic mass is 10.1. The van der Waals surface area contributed by atoms with Crippen molar-refractivity contribution in [3.8, 4) is 22.8 Å². The maximum Gasteiger partial charge on any atom is 0.216 e. The van der Waals surface area contributed by atoms with E-state index in [2.05, 4.69) is 25.5 Å². The second kappa shape index (κ2) is 8.16. The van der Waals surface area contributed by atoms with E-state index in [1.807, 2.05) is 72.8 Å². The predicted molar refractivity (Wildman–Crippen MR) is 115 cm³/mol. The van der Waals surface area contributed by atoms with Crippen LogP contribution in [0.5, 0.6) is 0 Å². The third-order valence-electron chi connectivity index (χ3n) is 3.94. The first-order chi connectivity index (χ1) is 13.7. The third-order valence-corrected chi connectivity index (χ3v) is 4.41. The van der Waals surface area contributed by atoms with E-state index in [0.717, 1.165) is 16.8 Å². The van der Waals surface area contributed by atoms with Crippen LogP contribution in [0.2, 0.25) is 0 Å². The van der Waals surface area contributed by atoms with Crippen LogP contribution in [0.1, 0.15) is 5.56 Å². The lowest BCUT2D eigenvalue weighted by Gasteiger charge is -1.97. The molecule has 0 aliphatic heterocycles. The van der Waals surface area contributed by atoms with Crippen LogP contribution in [0.4, 0.5) is 0 Å². The number of nitrogens with one attached hydrogen (secondary N) is 2. The van der Waals surface area contributed by atoms with Crippen molar-refractivity contribution in [1.82, 2.24) is 25.1 Å². The molecule has 0 aliphatic rings. The second-order valence-corrected chi connectivity index (χ2v) is 6.70. The summed E-state index contributed by atoms with van der Waals surface area (Å²) in [5, 5.41) is 19.2. The first kappa shape index (κ1) is 18.1. The highest BCUT2D eigenvalue weighted by Gasteiger charge is 2.12. The molecule has 4 rings (SSSR count). The zero-order chi connectivity index (χ0) is 19.3. The molecular formula is C20H15ClN6S. The molecule has 0 unspecified atom stereocenters. The lowest BCUT2D eigenvalue weighted by Crippen LogP contribution is -1.94. The zero-order valence-electron chi connectivity index (χ0n) is 14.6. The second-order valence-electron chi connectivity index (χ2n) is 5.88. The average Bonchev–Trinajstić information content (AvgIpc) is 3.35. The van der Waals surface area contributed by atoms with Crippen LogP contribution >= 0.6 is 23.8 Å². The van der Waals surface area contributed by atoms with Crippen molar-refractivity contribution in [2.24, 2.45) is 5.10 Å². The van der Waals surface area contributed by atoms with E-state index < -0.39 is 0 Å². The van der Waals surface area contributed by atoms with Gasteiger partial charge < -0.3 is 0 Å². The first-order valence-corrected chi connectivity index (χ1v) is 9.24. The number of aromatic nitrogens is 5. The summed E-state index contributed by atoms with van der Waals surface area (Å²) in [7, 11) is 0. The van der Waals surface area contributed by atoms with Crippen LogP contribution in [0.25, 0.3) is 28.9 Å². The molecule has 2 heterocycles. The van der Waals surface area contributed by atoms with Crippen LogP contribution in [0.15, 0.2) is 76.9 Å². The van der Waals surface area contributed by atoms with Crippen molar-refractivity contribution in [3.63, 3.8) is 0 Å². The minimum Gasteiger partial charge on any atom is -0.274 e. The summed E-state index contributed by atoms with van der Waals surface area (Å²) < 4.78 is 1.85. The van der Waals surface area contributed by atoms with Gasteiger partial charge in [-0.15, -0.1) is 0 Å². The fourth-order valence-electron chi connectivity index (χ4n) is 2.62. The van der Waals surface area contributed by atoms with Crippen molar-refractivity contribution in [2.45, 2.75) is 0 Å². The van der Waals surface area contributed by atoms with Crippen LogP contribution in [0.3, 0.4) is 0 Å². The highest BCUT2D eigenvalue weighted by atomic mass is 35.5. The Bertz CT molecular complexity index is 1190. The Morgan fingerprint density at radius 3 is 2.46 bits per heavy atom. The Morgan fingerprint density at radius 1 is 1.00 bits per heavy atom. The molecule has 2 aromatic heterocycles. The summed E-state index contributed by atoms with van der Waals surface area (Å²) in [6.45, 7) is 0. The molecule has 0 radical (unpaired) electrons. The summed E-state index contributed by atoms with van der Waals surface area (Å²) in [6, 6.07) is 21.5. The molecule has 0 bridgehead atoms. The van der Waals surface area contributed by atoms with Gasteiger partial charge in [-0.05, 0) is 29.9 Å². The molecule has 8 heteroatoms. The summed E-state index contributed by atoms with van der Waals surface area (Å²) in [5.74, 6) is 0.514. The maximum absolute atomic E-state index is 6.28. The first-order valence-electron chi connectivity index (χ1n) is 8.46. The van der Waals surface area contributed by atoms with Gasteiger partial charge in [0.05, 0.1) is 16.9 Å². The number of aromatic amines is 2. The molecule has 2 aromatic carbocycles. The van der Waals surface area contributed by atoms with E-state index >= 15 is 0 Å². The summed E-state index contributed by atoms with van der Waals surface area (Å²) >= 11 is 11.6. The van der Waals surface area contributed by atoms with Crippen molar-refractivity contribution < 1.29 is 0 Å². The Hall–Kier alpha value is -3.29. The molecule has 4 aromatic rings. The molecule has 6 nitrogen and oxygen atoms in total. The highest BCUT2D eigenvalue weighted by Crippen LogP contribution is 2.22. The van der Waals surface area contributed by atoms with E-state index in [1.165, 1.54) is 10.9 Å². The normalized spacial score (nSPS) is 12.0. The lowest BCUT2D eigenvalue weighted by molar-refractivity contribution is 0.866. The van der Waals surface area contributed by atoms with Crippen LogP contribution in [0, 0.1) is 4.77 Å². The van der Waals surface area contributed by atoms with Gasteiger partial charge in [-0.2, -0.15) is 20.0 Å². The molecule has 138 valence electrons. The van der Waals surface area contributed by atoms with Crippen LogP contribution < -0.4 is 0 Å². The van der Waals surface area contributed by atoms with E-state index in [9.17, 15) is 0 Å². The predicted octanol–water partition coefficient (Wildman–Crippen LogP) is 5.11. The number of hydrogen-bond acceptors (Lipinski definition) is 4. The zero-order valence-corrected chi connectivity index (χ0v) is 16.2. The highest BCUT2D eigenvalue weighted by molar-refractivity contribution is 7.71. The summed E-state index contributed by atoms with van der Waals surface area (Å²) in [5.41, 5.74) is 3.48. The van der Waals surface area contributed by atoms with Gasteiger partial charge >= 0.3 is 0 Å². The molecule has 28 heavy (non-hydrogen) atoms. The van der Waals surface area contributed by atoms with Gasteiger partial charge in [0, 0.05) is 5.56 Å². The van der Waals surface area contributed by atoms with Gasteiger partial charge in [-0.1, -0.05) is 72.3 Å². The molecule has 0 saturated heterocycles. The molecule has 0 spiro atoms. The van der Waals surface area contributed by atoms with Crippen LogP contribution in [-0.2, 0) is 0 Å². The molecular weight excluding hydrogens is 392 g/mol. The van der Waals surface area contributed by atoms with Gasteiger partial charge in [0.15, 0.2) is 0 Å². The fraction of sp³-hybridized carbons (Fsp3) is 0. The Morgan fingerprint density at radius 2 is 1.71 bits per heavy atom.